The number of nitrogens with zero attached hydrogens (tertiary/aromatic N) is 3. The summed E-state index contributed by atoms with van der Waals surface area (Å²) in [5, 5.41) is 0.358. The first-order chi connectivity index (χ1) is 11.4. The molecule has 2 heterocycles. The second-order valence-electron chi connectivity index (χ2n) is 6.26. The maximum atomic E-state index is 12.8. The molecule has 3 rings (SSSR count). The van der Waals surface area contributed by atoms with Crippen LogP contribution >= 0.6 is 0 Å². The number of piperidine rings is 1. The van der Waals surface area contributed by atoms with Gasteiger partial charge in [0.1, 0.15) is 0 Å². The highest BCUT2D eigenvalue weighted by atomic mass is 32.2. The van der Waals surface area contributed by atoms with E-state index in [4.69, 9.17) is 0 Å². The van der Waals surface area contributed by atoms with Crippen LogP contribution in [0.2, 0.25) is 0 Å². The lowest BCUT2D eigenvalue weighted by molar-refractivity contribution is 0.0725. The van der Waals surface area contributed by atoms with E-state index in [-0.39, 0.29) is 12.5 Å². The number of likely N-dealkylation sites (tertiary alicyclic amines) is 1. The Balaban J connectivity index is 1.83. The first kappa shape index (κ1) is 16.9. The van der Waals surface area contributed by atoms with E-state index < -0.39 is 15.3 Å². The standard InChI is InChI=1S/C17H21N3O3S/c1-19(2)24(22,23)15-7-5-9-20(12-15)17(21)14-10-13-6-3-4-8-16(13)18-11-14/h3-4,6,8,10-11,15H,5,7,9,12H2,1-2H3/t15-/m1/s1. The van der Waals surface area contributed by atoms with Gasteiger partial charge in [0.05, 0.1) is 16.3 Å². The predicted molar refractivity (Wildman–Crippen MR) is 93.3 cm³/mol. The summed E-state index contributed by atoms with van der Waals surface area (Å²) in [6.45, 7) is 0.803. The molecule has 2 aromatic rings. The van der Waals surface area contributed by atoms with E-state index >= 15 is 0 Å². The number of amides is 1. The molecule has 1 fully saturated rings. The van der Waals surface area contributed by atoms with Crippen LogP contribution in [0.15, 0.2) is 36.5 Å². The lowest BCUT2D eigenvalue weighted by Gasteiger charge is -2.33. The number of hydrogen-bond acceptors (Lipinski definition) is 4. The second-order valence-corrected chi connectivity index (χ2v) is 8.69. The number of sulfonamides is 1. The lowest BCUT2D eigenvalue weighted by Crippen LogP contribution is -2.48. The third-order valence-corrected chi connectivity index (χ3v) is 6.68. The van der Waals surface area contributed by atoms with Gasteiger partial charge >= 0.3 is 0 Å². The monoisotopic (exact) mass is 347 g/mol. The zero-order chi connectivity index (χ0) is 17.3. The molecule has 6 nitrogen and oxygen atoms in total. The van der Waals surface area contributed by atoms with Gasteiger partial charge in [0.25, 0.3) is 5.91 Å². The Morgan fingerprint density at radius 1 is 1.29 bits per heavy atom. The molecule has 0 spiro atoms. The smallest absolute Gasteiger partial charge is 0.255 e. The maximum absolute atomic E-state index is 12.8. The first-order valence-corrected chi connectivity index (χ1v) is 9.45. The molecule has 1 amide bonds. The number of para-hydroxylation sites is 1. The summed E-state index contributed by atoms with van der Waals surface area (Å²) in [6, 6.07) is 9.42. The number of hydrogen-bond donors (Lipinski definition) is 0. The van der Waals surface area contributed by atoms with E-state index in [1.54, 1.807) is 11.1 Å². The van der Waals surface area contributed by atoms with E-state index in [0.717, 1.165) is 10.9 Å². The Hall–Kier alpha value is -1.99. The zero-order valence-corrected chi connectivity index (χ0v) is 14.7. The molecule has 1 aliphatic heterocycles. The van der Waals surface area contributed by atoms with Crippen molar-refractivity contribution in [1.29, 1.82) is 0 Å². The zero-order valence-electron chi connectivity index (χ0n) is 13.8. The topological polar surface area (TPSA) is 70.6 Å². The normalized spacial score (nSPS) is 19.0. The van der Waals surface area contributed by atoms with Crippen LogP contribution in [0.4, 0.5) is 0 Å². The predicted octanol–water partition coefficient (Wildman–Crippen LogP) is 1.73. The van der Waals surface area contributed by atoms with Crippen molar-refractivity contribution in [3.8, 4) is 0 Å². The van der Waals surface area contributed by atoms with E-state index in [9.17, 15) is 13.2 Å². The fourth-order valence-electron chi connectivity index (χ4n) is 3.03. The van der Waals surface area contributed by atoms with E-state index in [1.807, 2.05) is 30.3 Å². The van der Waals surface area contributed by atoms with Crippen molar-refractivity contribution < 1.29 is 13.2 Å². The van der Waals surface area contributed by atoms with Crippen molar-refractivity contribution in [2.24, 2.45) is 0 Å². The molecule has 1 saturated heterocycles. The van der Waals surface area contributed by atoms with Gasteiger partial charge in [-0.25, -0.2) is 12.7 Å². The Morgan fingerprint density at radius 3 is 2.79 bits per heavy atom. The Kier molecular flexibility index (Phi) is 4.56. The van der Waals surface area contributed by atoms with Gasteiger partial charge in [-0.05, 0) is 25.0 Å². The van der Waals surface area contributed by atoms with Gasteiger partial charge in [-0.3, -0.25) is 9.78 Å². The first-order valence-electron chi connectivity index (χ1n) is 7.95. The average molecular weight is 347 g/mol. The van der Waals surface area contributed by atoms with Crippen LogP contribution in [0, 0.1) is 0 Å². The number of pyridine rings is 1. The number of carbonyl (C=O) groups is 1. The third kappa shape index (κ3) is 3.14. The molecule has 0 N–H and O–H groups in total. The largest absolute Gasteiger partial charge is 0.337 e. The van der Waals surface area contributed by atoms with Gasteiger partial charge < -0.3 is 4.90 Å². The summed E-state index contributed by atoms with van der Waals surface area (Å²) in [5.41, 5.74) is 1.33. The highest BCUT2D eigenvalue weighted by Crippen LogP contribution is 2.21. The number of carbonyl (C=O) groups excluding carboxylic acids is 1. The molecule has 1 atom stereocenters. The van der Waals surface area contributed by atoms with Crippen molar-refractivity contribution in [1.82, 2.24) is 14.2 Å². The molecule has 7 heteroatoms. The summed E-state index contributed by atoms with van der Waals surface area (Å²) >= 11 is 0. The molecule has 0 aliphatic carbocycles. The molecule has 0 unspecified atom stereocenters. The van der Waals surface area contributed by atoms with Crippen LogP contribution in [-0.2, 0) is 10.0 Å². The van der Waals surface area contributed by atoms with Gasteiger partial charge in [0.15, 0.2) is 0 Å². The molecule has 1 aliphatic rings. The lowest BCUT2D eigenvalue weighted by atomic mass is 10.1. The molecule has 24 heavy (non-hydrogen) atoms. The van der Waals surface area contributed by atoms with E-state index in [1.165, 1.54) is 18.4 Å². The summed E-state index contributed by atoms with van der Waals surface area (Å²) in [5.74, 6) is -0.160. The minimum atomic E-state index is -3.36. The number of rotatable bonds is 3. The molecule has 0 saturated carbocycles. The highest BCUT2D eigenvalue weighted by molar-refractivity contribution is 7.89. The Morgan fingerprint density at radius 2 is 2.04 bits per heavy atom. The van der Waals surface area contributed by atoms with Crippen molar-refractivity contribution in [2.75, 3.05) is 27.2 Å². The average Bonchev–Trinajstić information content (AvgIpc) is 2.60. The van der Waals surface area contributed by atoms with Gasteiger partial charge in [0, 0.05) is 38.8 Å². The second kappa shape index (κ2) is 6.49. The van der Waals surface area contributed by atoms with Gasteiger partial charge in [0.2, 0.25) is 10.0 Å². The minimum Gasteiger partial charge on any atom is -0.337 e. The van der Waals surface area contributed by atoms with Crippen LogP contribution < -0.4 is 0 Å². The van der Waals surface area contributed by atoms with Crippen molar-refractivity contribution in [2.45, 2.75) is 18.1 Å². The summed E-state index contributed by atoms with van der Waals surface area (Å²) < 4.78 is 25.9. The quantitative estimate of drug-likeness (QED) is 0.848. The summed E-state index contributed by atoms with van der Waals surface area (Å²) in [6.07, 6.45) is 2.83. The number of fused-ring (bicyclic) bond motifs is 1. The van der Waals surface area contributed by atoms with Crippen LogP contribution in [0.3, 0.4) is 0 Å². The minimum absolute atomic E-state index is 0.160. The molecule has 0 bridgehead atoms. The molecular weight excluding hydrogens is 326 g/mol. The van der Waals surface area contributed by atoms with Crippen LogP contribution in [0.5, 0.6) is 0 Å². The molecule has 0 radical (unpaired) electrons. The van der Waals surface area contributed by atoms with Crippen LogP contribution in [0.25, 0.3) is 10.9 Å². The van der Waals surface area contributed by atoms with Crippen molar-refractivity contribution in [3.05, 3.63) is 42.1 Å². The Bertz CT molecular complexity index is 864. The van der Waals surface area contributed by atoms with Crippen LogP contribution in [-0.4, -0.2) is 60.9 Å². The van der Waals surface area contributed by atoms with E-state index in [2.05, 4.69) is 4.98 Å². The van der Waals surface area contributed by atoms with Crippen LogP contribution in [0.1, 0.15) is 23.2 Å². The fraction of sp³-hybridized carbons (Fsp3) is 0.412. The molecule has 1 aromatic heterocycles. The highest BCUT2D eigenvalue weighted by Gasteiger charge is 2.34. The van der Waals surface area contributed by atoms with Crippen molar-refractivity contribution in [3.63, 3.8) is 0 Å². The Labute approximate surface area is 142 Å². The molecule has 128 valence electrons. The molecular formula is C17H21N3O3S. The van der Waals surface area contributed by atoms with Gasteiger partial charge in [-0.15, -0.1) is 0 Å². The van der Waals surface area contributed by atoms with Gasteiger partial charge in [-0.1, -0.05) is 18.2 Å². The third-order valence-electron chi connectivity index (χ3n) is 4.43. The SMILES string of the molecule is CN(C)S(=O)(=O)[C@@H]1CCCN(C(=O)c2cnc3ccccc3c2)C1. The van der Waals surface area contributed by atoms with E-state index in [0.29, 0.717) is 24.9 Å². The summed E-state index contributed by atoms with van der Waals surface area (Å²) in [7, 11) is -0.297. The fourth-order valence-corrected chi connectivity index (χ4v) is 4.46. The molecule has 1 aromatic carbocycles. The number of aromatic nitrogens is 1. The maximum Gasteiger partial charge on any atom is 0.255 e. The number of benzene rings is 1. The summed E-state index contributed by atoms with van der Waals surface area (Å²) in [4.78, 5) is 18.7. The van der Waals surface area contributed by atoms with Crippen molar-refractivity contribution >= 4 is 26.8 Å². The van der Waals surface area contributed by atoms with Gasteiger partial charge in [-0.2, -0.15) is 0 Å².